The van der Waals surface area contributed by atoms with Crippen LogP contribution in [-0.2, 0) is 12.8 Å². The Balaban J connectivity index is 2.13. The number of hydrogen-bond donors (Lipinski definition) is 0. The predicted octanol–water partition coefficient (Wildman–Crippen LogP) is 3.52. The highest BCUT2D eigenvalue weighted by molar-refractivity contribution is 5.70. The summed E-state index contributed by atoms with van der Waals surface area (Å²) in [5.41, 5.74) is 4.56. The SMILES string of the molecule is COc1ccc(-c2nc3c(cc2C#N)CCCC3)cc1OC. The van der Waals surface area contributed by atoms with Crippen LogP contribution in [-0.4, -0.2) is 19.2 Å². The number of rotatable bonds is 3. The molecule has 0 saturated heterocycles. The Morgan fingerprint density at radius 3 is 2.55 bits per heavy atom. The number of hydrogen-bond acceptors (Lipinski definition) is 4. The van der Waals surface area contributed by atoms with Gasteiger partial charge in [0.1, 0.15) is 6.07 Å². The van der Waals surface area contributed by atoms with Crippen LogP contribution in [0, 0.1) is 11.3 Å². The van der Waals surface area contributed by atoms with E-state index in [9.17, 15) is 5.26 Å². The fourth-order valence-electron chi connectivity index (χ4n) is 2.92. The zero-order valence-corrected chi connectivity index (χ0v) is 12.8. The Morgan fingerprint density at radius 2 is 1.82 bits per heavy atom. The summed E-state index contributed by atoms with van der Waals surface area (Å²) in [6.45, 7) is 0. The van der Waals surface area contributed by atoms with Gasteiger partial charge < -0.3 is 9.47 Å². The smallest absolute Gasteiger partial charge is 0.161 e. The lowest BCUT2D eigenvalue weighted by Crippen LogP contribution is -2.07. The molecule has 112 valence electrons. The molecule has 22 heavy (non-hydrogen) atoms. The second-order valence-electron chi connectivity index (χ2n) is 5.38. The van der Waals surface area contributed by atoms with Gasteiger partial charge in [0.2, 0.25) is 0 Å². The fourth-order valence-corrected chi connectivity index (χ4v) is 2.92. The topological polar surface area (TPSA) is 55.1 Å². The number of methoxy groups -OCH3 is 2. The maximum atomic E-state index is 9.46. The molecule has 0 fully saturated rings. The quantitative estimate of drug-likeness (QED) is 0.869. The van der Waals surface area contributed by atoms with Crippen molar-refractivity contribution >= 4 is 0 Å². The van der Waals surface area contributed by atoms with Gasteiger partial charge >= 0.3 is 0 Å². The molecule has 1 aliphatic carbocycles. The standard InChI is InChI=1S/C18H18N2O2/c1-21-16-8-7-13(10-17(16)22-2)18-14(11-19)9-12-5-3-4-6-15(12)20-18/h7-10H,3-6H2,1-2H3. The zero-order valence-electron chi connectivity index (χ0n) is 12.8. The number of pyridine rings is 1. The maximum Gasteiger partial charge on any atom is 0.161 e. The Labute approximate surface area is 130 Å². The summed E-state index contributed by atoms with van der Waals surface area (Å²) in [7, 11) is 3.21. The van der Waals surface area contributed by atoms with Crippen molar-refractivity contribution in [3.8, 4) is 28.8 Å². The highest BCUT2D eigenvalue weighted by Gasteiger charge is 2.17. The molecule has 1 aliphatic rings. The van der Waals surface area contributed by atoms with Crippen LogP contribution in [0.3, 0.4) is 0 Å². The van der Waals surface area contributed by atoms with E-state index in [0.29, 0.717) is 17.1 Å². The van der Waals surface area contributed by atoms with E-state index in [0.717, 1.165) is 36.2 Å². The van der Waals surface area contributed by atoms with Crippen molar-refractivity contribution < 1.29 is 9.47 Å². The monoisotopic (exact) mass is 294 g/mol. The highest BCUT2D eigenvalue weighted by atomic mass is 16.5. The number of benzene rings is 1. The molecule has 2 aromatic rings. The summed E-state index contributed by atoms with van der Waals surface area (Å²) in [6, 6.07) is 9.90. The molecule has 4 heteroatoms. The first-order valence-corrected chi connectivity index (χ1v) is 7.42. The van der Waals surface area contributed by atoms with E-state index in [1.807, 2.05) is 24.3 Å². The predicted molar refractivity (Wildman–Crippen MR) is 84.1 cm³/mol. The van der Waals surface area contributed by atoms with Crippen molar-refractivity contribution in [1.82, 2.24) is 4.98 Å². The van der Waals surface area contributed by atoms with Crippen molar-refractivity contribution in [2.75, 3.05) is 14.2 Å². The lowest BCUT2D eigenvalue weighted by Gasteiger charge is -2.17. The fraction of sp³-hybridized carbons (Fsp3) is 0.333. The van der Waals surface area contributed by atoms with Crippen LogP contribution < -0.4 is 9.47 Å². The molecule has 0 amide bonds. The van der Waals surface area contributed by atoms with Gasteiger partial charge in [-0.3, -0.25) is 4.98 Å². The highest BCUT2D eigenvalue weighted by Crippen LogP contribution is 2.34. The van der Waals surface area contributed by atoms with E-state index < -0.39 is 0 Å². The molecule has 0 radical (unpaired) electrons. The van der Waals surface area contributed by atoms with E-state index in [2.05, 4.69) is 6.07 Å². The molecule has 0 aliphatic heterocycles. The third kappa shape index (κ3) is 2.50. The molecule has 1 aromatic carbocycles. The van der Waals surface area contributed by atoms with Gasteiger partial charge in [0.25, 0.3) is 0 Å². The van der Waals surface area contributed by atoms with Crippen LogP contribution in [0.4, 0.5) is 0 Å². The van der Waals surface area contributed by atoms with E-state index in [4.69, 9.17) is 14.5 Å². The molecule has 4 nitrogen and oxygen atoms in total. The van der Waals surface area contributed by atoms with Crippen molar-refractivity contribution in [3.05, 3.63) is 41.1 Å². The number of nitriles is 1. The average Bonchev–Trinajstić information content (AvgIpc) is 2.59. The number of aryl methyl sites for hydroxylation is 2. The first-order valence-electron chi connectivity index (χ1n) is 7.42. The van der Waals surface area contributed by atoms with Gasteiger partial charge in [-0.05, 0) is 55.5 Å². The molecule has 0 atom stereocenters. The van der Waals surface area contributed by atoms with E-state index >= 15 is 0 Å². The minimum Gasteiger partial charge on any atom is -0.493 e. The van der Waals surface area contributed by atoms with Crippen molar-refractivity contribution in [3.63, 3.8) is 0 Å². The van der Waals surface area contributed by atoms with Crippen LogP contribution in [0.15, 0.2) is 24.3 Å². The van der Waals surface area contributed by atoms with Crippen LogP contribution in [0.25, 0.3) is 11.3 Å². The lowest BCUT2D eigenvalue weighted by molar-refractivity contribution is 0.355. The second-order valence-corrected chi connectivity index (χ2v) is 5.38. The summed E-state index contributed by atoms with van der Waals surface area (Å²) < 4.78 is 10.6. The lowest BCUT2D eigenvalue weighted by atomic mass is 9.93. The van der Waals surface area contributed by atoms with Crippen LogP contribution >= 0.6 is 0 Å². The van der Waals surface area contributed by atoms with Gasteiger partial charge in [-0.2, -0.15) is 5.26 Å². The molecular weight excluding hydrogens is 276 g/mol. The molecule has 1 aromatic heterocycles. The third-order valence-electron chi connectivity index (χ3n) is 4.08. The number of fused-ring (bicyclic) bond motifs is 1. The maximum absolute atomic E-state index is 9.46. The van der Waals surface area contributed by atoms with E-state index in [1.165, 1.54) is 12.0 Å². The largest absolute Gasteiger partial charge is 0.493 e. The van der Waals surface area contributed by atoms with Crippen LogP contribution in [0.2, 0.25) is 0 Å². The molecule has 0 spiro atoms. The van der Waals surface area contributed by atoms with E-state index in [1.54, 1.807) is 14.2 Å². The number of ether oxygens (including phenoxy) is 2. The third-order valence-corrected chi connectivity index (χ3v) is 4.08. The van der Waals surface area contributed by atoms with Crippen molar-refractivity contribution in [2.24, 2.45) is 0 Å². The average molecular weight is 294 g/mol. The summed E-state index contributed by atoms with van der Waals surface area (Å²) in [5, 5.41) is 9.46. The molecule has 0 N–H and O–H groups in total. The summed E-state index contributed by atoms with van der Waals surface area (Å²) in [5.74, 6) is 1.31. The van der Waals surface area contributed by atoms with Crippen LogP contribution in [0.1, 0.15) is 29.7 Å². The summed E-state index contributed by atoms with van der Waals surface area (Å²) >= 11 is 0. The van der Waals surface area contributed by atoms with Gasteiger partial charge in [-0.1, -0.05) is 0 Å². The molecule has 3 rings (SSSR count). The van der Waals surface area contributed by atoms with Crippen molar-refractivity contribution in [1.29, 1.82) is 5.26 Å². The zero-order chi connectivity index (χ0) is 15.5. The van der Waals surface area contributed by atoms with Gasteiger partial charge in [0.05, 0.1) is 25.5 Å². The Morgan fingerprint density at radius 1 is 1.05 bits per heavy atom. The molecular formula is C18H18N2O2. The Hall–Kier alpha value is -2.54. The van der Waals surface area contributed by atoms with Gasteiger partial charge in [0, 0.05) is 11.3 Å². The number of nitrogens with zero attached hydrogens (tertiary/aromatic N) is 2. The van der Waals surface area contributed by atoms with Gasteiger partial charge in [0.15, 0.2) is 11.5 Å². The van der Waals surface area contributed by atoms with Gasteiger partial charge in [-0.25, -0.2) is 0 Å². The van der Waals surface area contributed by atoms with Crippen molar-refractivity contribution in [2.45, 2.75) is 25.7 Å². The summed E-state index contributed by atoms with van der Waals surface area (Å²) in [6.07, 6.45) is 4.34. The number of aromatic nitrogens is 1. The van der Waals surface area contributed by atoms with Gasteiger partial charge in [-0.15, -0.1) is 0 Å². The molecule has 1 heterocycles. The minimum atomic E-state index is 0.618. The Kier molecular flexibility index (Phi) is 3.97. The van der Waals surface area contributed by atoms with Crippen LogP contribution in [0.5, 0.6) is 11.5 Å². The summed E-state index contributed by atoms with van der Waals surface area (Å²) in [4.78, 5) is 4.77. The molecule has 0 saturated carbocycles. The minimum absolute atomic E-state index is 0.618. The first kappa shape index (κ1) is 14.4. The molecule has 0 bridgehead atoms. The normalized spacial score (nSPS) is 13.1. The molecule has 0 unspecified atom stereocenters. The Bertz CT molecular complexity index is 747. The first-order chi connectivity index (χ1) is 10.8. The van der Waals surface area contributed by atoms with E-state index in [-0.39, 0.29) is 0 Å². The second kappa shape index (κ2) is 6.07.